The number of sulfonamides is 1. The molecule has 1 rings (SSSR count). The van der Waals surface area contributed by atoms with Crippen LogP contribution in [0.5, 0.6) is 0 Å². The van der Waals surface area contributed by atoms with Crippen LogP contribution in [0.25, 0.3) is 0 Å². The lowest BCUT2D eigenvalue weighted by Crippen LogP contribution is -2.33. The summed E-state index contributed by atoms with van der Waals surface area (Å²) >= 11 is 1.05. The van der Waals surface area contributed by atoms with E-state index in [1.807, 2.05) is 0 Å². The first-order valence-corrected chi connectivity index (χ1v) is 7.54. The fraction of sp³-hybridized carbons (Fsp3) is 0.500. The number of esters is 1. The van der Waals surface area contributed by atoms with Gasteiger partial charge in [0.1, 0.15) is 9.77 Å². The number of carbonyl (C=O) groups is 1. The van der Waals surface area contributed by atoms with Crippen molar-refractivity contribution in [3.8, 4) is 0 Å². The summed E-state index contributed by atoms with van der Waals surface area (Å²) in [6.45, 7) is 0.864. The Hall–Kier alpha value is -0.960. The van der Waals surface area contributed by atoms with Gasteiger partial charge in [-0.25, -0.2) is 13.2 Å². The Labute approximate surface area is 111 Å². The zero-order valence-electron chi connectivity index (χ0n) is 10.5. The monoisotopic (exact) mass is 292 g/mol. The van der Waals surface area contributed by atoms with E-state index in [9.17, 15) is 13.2 Å². The number of nitrogens with zero attached hydrogens (tertiary/aromatic N) is 1. The fourth-order valence-electron chi connectivity index (χ4n) is 1.30. The SMILES string of the molecule is CNCCN(C)S(=O)(=O)c1ccsc1C(=O)OC. The minimum Gasteiger partial charge on any atom is -0.465 e. The van der Waals surface area contributed by atoms with E-state index in [1.54, 1.807) is 12.4 Å². The van der Waals surface area contributed by atoms with Gasteiger partial charge in [0.15, 0.2) is 0 Å². The Morgan fingerprint density at radius 2 is 2.22 bits per heavy atom. The third-order valence-corrected chi connectivity index (χ3v) is 5.29. The topological polar surface area (TPSA) is 75.7 Å². The van der Waals surface area contributed by atoms with Crippen molar-refractivity contribution in [3.05, 3.63) is 16.3 Å². The van der Waals surface area contributed by atoms with E-state index < -0.39 is 16.0 Å². The highest BCUT2D eigenvalue weighted by Gasteiger charge is 2.27. The Morgan fingerprint density at radius 1 is 1.56 bits per heavy atom. The molecule has 0 bridgehead atoms. The molecule has 0 aliphatic carbocycles. The smallest absolute Gasteiger partial charge is 0.349 e. The summed E-state index contributed by atoms with van der Waals surface area (Å²) in [5, 5.41) is 4.43. The van der Waals surface area contributed by atoms with Crippen molar-refractivity contribution in [3.63, 3.8) is 0 Å². The van der Waals surface area contributed by atoms with Gasteiger partial charge >= 0.3 is 5.97 Å². The Balaban J connectivity index is 3.05. The molecule has 0 spiro atoms. The van der Waals surface area contributed by atoms with Crippen LogP contribution in [0.2, 0.25) is 0 Å². The molecular formula is C10H16N2O4S2. The molecule has 1 heterocycles. The Morgan fingerprint density at radius 3 is 2.78 bits per heavy atom. The Kier molecular flexibility index (Phi) is 5.27. The number of thiophene rings is 1. The van der Waals surface area contributed by atoms with Gasteiger partial charge < -0.3 is 10.1 Å². The van der Waals surface area contributed by atoms with Crippen molar-refractivity contribution in [1.29, 1.82) is 0 Å². The Bertz CT molecular complexity index is 510. The van der Waals surface area contributed by atoms with Gasteiger partial charge in [0, 0.05) is 20.1 Å². The van der Waals surface area contributed by atoms with E-state index in [1.165, 1.54) is 24.5 Å². The van der Waals surface area contributed by atoms with Gasteiger partial charge in [0.05, 0.1) is 7.11 Å². The molecule has 102 valence electrons. The van der Waals surface area contributed by atoms with E-state index in [2.05, 4.69) is 10.1 Å². The quantitative estimate of drug-likeness (QED) is 0.767. The van der Waals surface area contributed by atoms with Crippen molar-refractivity contribution in [2.45, 2.75) is 4.90 Å². The van der Waals surface area contributed by atoms with Crippen LogP contribution in [0.15, 0.2) is 16.3 Å². The molecule has 0 aliphatic rings. The van der Waals surface area contributed by atoms with E-state index in [-0.39, 0.29) is 9.77 Å². The first-order valence-electron chi connectivity index (χ1n) is 5.22. The molecule has 18 heavy (non-hydrogen) atoms. The normalized spacial score (nSPS) is 11.8. The number of rotatable bonds is 6. The molecule has 0 aromatic carbocycles. The van der Waals surface area contributed by atoms with Gasteiger partial charge in [-0.1, -0.05) is 0 Å². The van der Waals surface area contributed by atoms with Gasteiger partial charge in [-0.05, 0) is 18.5 Å². The second-order valence-corrected chi connectivity index (χ2v) is 6.47. The summed E-state index contributed by atoms with van der Waals surface area (Å²) in [6, 6.07) is 1.42. The van der Waals surface area contributed by atoms with Crippen LogP contribution in [-0.2, 0) is 14.8 Å². The molecule has 1 aromatic heterocycles. The third-order valence-electron chi connectivity index (χ3n) is 2.36. The van der Waals surface area contributed by atoms with Crippen LogP contribution in [0, 0.1) is 0 Å². The minimum absolute atomic E-state index is 0.00190. The summed E-state index contributed by atoms with van der Waals surface area (Å²) in [4.78, 5) is 11.6. The average Bonchev–Trinajstić information content (AvgIpc) is 2.84. The number of hydrogen-bond acceptors (Lipinski definition) is 6. The lowest BCUT2D eigenvalue weighted by atomic mass is 10.5. The maximum absolute atomic E-state index is 12.2. The number of methoxy groups -OCH3 is 1. The summed E-state index contributed by atoms with van der Waals surface area (Å²) in [7, 11) is 0.793. The van der Waals surface area contributed by atoms with Gasteiger partial charge in [-0.2, -0.15) is 4.31 Å². The predicted octanol–water partition coefficient (Wildman–Crippen LogP) is 0.375. The maximum atomic E-state index is 12.2. The molecule has 6 nitrogen and oxygen atoms in total. The van der Waals surface area contributed by atoms with Gasteiger partial charge in [0.2, 0.25) is 10.0 Å². The summed E-state index contributed by atoms with van der Waals surface area (Å²) in [5.41, 5.74) is 0. The van der Waals surface area contributed by atoms with Crippen molar-refractivity contribution < 1.29 is 17.9 Å². The molecule has 1 aromatic rings. The van der Waals surface area contributed by atoms with Crippen molar-refractivity contribution in [2.24, 2.45) is 0 Å². The number of nitrogens with one attached hydrogen (secondary N) is 1. The standard InChI is InChI=1S/C10H16N2O4S2/c1-11-5-6-12(2)18(14,15)8-4-7-17-9(8)10(13)16-3/h4,7,11H,5-6H2,1-3H3. The number of carbonyl (C=O) groups excluding carboxylic acids is 1. The predicted molar refractivity (Wildman–Crippen MR) is 69.4 cm³/mol. The second-order valence-electron chi connectivity index (χ2n) is 3.54. The summed E-state index contributed by atoms with van der Waals surface area (Å²) in [5.74, 6) is -0.634. The first kappa shape index (κ1) is 15.1. The van der Waals surface area contributed by atoms with Gasteiger partial charge in [-0.3, -0.25) is 0 Å². The number of ether oxygens (including phenoxy) is 1. The van der Waals surface area contributed by atoms with Crippen LogP contribution in [-0.4, -0.2) is 53.0 Å². The molecule has 8 heteroatoms. The molecule has 0 radical (unpaired) electrons. The molecule has 0 unspecified atom stereocenters. The van der Waals surface area contributed by atoms with Crippen LogP contribution in [0.4, 0.5) is 0 Å². The molecular weight excluding hydrogens is 276 g/mol. The lowest BCUT2D eigenvalue weighted by Gasteiger charge is -2.16. The van der Waals surface area contributed by atoms with Crippen molar-refractivity contribution in [2.75, 3.05) is 34.3 Å². The third kappa shape index (κ3) is 3.08. The van der Waals surface area contributed by atoms with E-state index in [4.69, 9.17) is 0 Å². The van der Waals surface area contributed by atoms with E-state index in [0.29, 0.717) is 13.1 Å². The molecule has 0 atom stereocenters. The molecule has 1 N–H and O–H groups in total. The highest BCUT2D eigenvalue weighted by atomic mass is 32.2. The highest BCUT2D eigenvalue weighted by molar-refractivity contribution is 7.89. The van der Waals surface area contributed by atoms with Crippen LogP contribution >= 0.6 is 11.3 Å². The molecule has 0 fully saturated rings. The maximum Gasteiger partial charge on any atom is 0.349 e. The van der Waals surface area contributed by atoms with Gasteiger partial charge in [0.25, 0.3) is 0 Å². The van der Waals surface area contributed by atoms with E-state index in [0.717, 1.165) is 11.3 Å². The molecule has 0 aliphatic heterocycles. The van der Waals surface area contributed by atoms with Crippen LogP contribution < -0.4 is 5.32 Å². The average molecular weight is 292 g/mol. The first-order chi connectivity index (χ1) is 8.45. The second kappa shape index (κ2) is 6.28. The highest BCUT2D eigenvalue weighted by Crippen LogP contribution is 2.25. The molecule has 0 saturated carbocycles. The summed E-state index contributed by atoms with van der Waals surface area (Å²) < 4.78 is 30.2. The number of likely N-dealkylation sites (N-methyl/N-ethyl adjacent to an activating group) is 2. The van der Waals surface area contributed by atoms with Gasteiger partial charge in [-0.15, -0.1) is 11.3 Å². The van der Waals surface area contributed by atoms with Crippen molar-refractivity contribution in [1.82, 2.24) is 9.62 Å². The van der Waals surface area contributed by atoms with Crippen LogP contribution in [0.1, 0.15) is 9.67 Å². The number of hydrogen-bond donors (Lipinski definition) is 1. The lowest BCUT2D eigenvalue weighted by molar-refractivity contribution is 0.0602. The van der Waals surface area contributed by atoms with Crippen molar-refractivity contribution >= 4 is 27.3 Å². The molecule has 0 saturated heterocycles. The molecule has 0 amide bonds. The minimum atomic E-state index is -3.65. The zero-order chi connectivity index (χ0) is 13.8. The summed E-state index contributed by atoms with van der Waals surface area (Å²) in [6.07, 6.45) is 0. The fourth-order valence-corrected chi connectivity index (χ4v) is 3.77. The zero-order valence-corrected chi connectivity index (χ0v) is 12.1. The largest absolute Gasteiger partial charge is 0.465 e. The van der Waals surface area contributed by atoms with Crippen LogP contribution in [0.3, 0.4) is 0 Å². The van der Waals surface area contributed by atoms with E-state index >= 15 is 0 Å².